The van der Waals surface area contributed by atoms with Gasteiger partial charge in [0.1, 0.15) is 11.4 Å². The molecule has 0 unspecified atom stereocenters. The monoisotopic (exact) mass is 808 g/mol. The molecule has 8 nitrogen and oxygen atoms in total. The number of benzene rings is 2. The number of anilines is 2. The van der Waals surface area contributed by atoms with Crippen LogP contribution in [0.1, 0.15) is 146 Å². The predicted octanol–water partition coefficient (Wildman–Crippen LogP) is 13.2. The van der Waals surface area contributed by atoms with Crippen LogP contribution in [0.3, 0.4) is 0 Å². The van der Waals surface area contributed by atoms with Crippen molar-refractivity contribution in [1.29, 1.82) is 0 Å². The van der Waals surface area contributed by atoms with Gasteiger partial charge in [-0.05, 0) is 120 Å². The largest absolute Gasteiger partial charge is 0.360 e. The second-order valence-corrected chi connectivity index (χ2v) is 20.0. The summed E-state index contributed by atoms with van der Waals surface area (Å²) in [6, 6.07) is 13.4. The molecule has 0 saturated heterocycles. The molecule has 11 heteroatoms. The maximum atomic E-state index is 6.74. The van der Waals surface area contributed by atoms with E-state index < -0.39 is 0 Å². The van der Waals surface area contributed by atoms with Crippen LogP contribution in [0.4, 0.5) is 10.3 Å². The van der Waals surface area contributed by atoms with E-state index in [0.29, 0.717) is 5.92 Å². The normalized spacial score (nSPS) is 14.6. The van der Waals surface area contributed by atoms with Crippen LogP contribution in [-0.2, 0) is 10.8 Å². The lowest BCUT2D eigenvalue weighted by molar-refractivity contribution is 0.593. The average molecular weight is 810 g/mol. The minimum Gasteiger partial charge on any atom is -0.360 e. The van der Waals surface area contributed by atoms with Gasteiger partial charge in [-0.15, -0.1) is 20.4 Å². The lowest BCUT2D eigenvalue weighted by Crippen LogP contribution is -2.13. The third-order valence-electron chi connectivity index (χ3n) is 10.6. The van der Waals surface area contributed by atoms with Gasteiger partial charge in [-0.25, -0.2) is 9.97 Å². The van der Waals surface area contributed by atoms with Gasteiger partial charge in [-0.1, -0.05) is 115 Å². The summed E-state index contributed by atoms with van der Waals surface area (Å²) in [5.41, 5.74) is 10.6. The average Bonchev–Trinajstić information content (AvgIpc) is 4.09. The Labute approximate surface area is 345 Å². The second-order valence-electron chi connectivity index (χ2n) is 17.7. The second kappa shape index (κ2) is 16.6. The summed E-state index contributed by atoms with van der Waals surface area (Å²) in [5.74, 6) is 1.42. The molecular weight excluding hydrogens is 752 g/mol. The van der Waals surface area contributed by atoms with Gasteiger partial charge in [0, 0.05) is 23.9 Å². The number of aromatic nitrogens is 6. The standard InChI is InChI=1S/C23H30N4S.C22H27ClN4S/c1-6-7-10-24-22-27-26-21(28-22)19-11-14(2)17-12-16(15-8-9-15)13-18(20(17)25-19)23(3,4)5;1-5-6-9-24-21-27-26-20(28-21)18-12-17(23)15-10-14(13-7-8-13)11-16(19(15)25-18)22(2,3)4/h11-13,15H,6-10H2,1-5H3,(H,24,27);10-13H,5-9H2,1-4H3,(H,24,27). The summed E-state index contributed by atoms with van der Waals surface area (Å²) in [4.78, 5) is 10.1. The number of aryl methyl sites for hydroxylation is 1. The Morgan fingerprint density at radius 3 is 1.52 bits per heavy atom. The molecule has 0 atom stereocenters. The highest BCUT2D eigenvalue weighted by atomic mass is 35.5. The van der Waals surface area contributed by atoms with Crippen molar-refractivity contribution in [1.82, 2.24) is 30.4 Å². The molecule has 0 radical (unpaired) electrons. The molecule has 0 spiro atoms. The zero-order valence-electron chi connectivity index (χ0n) is 34.6. The summed E-state index contributed by atoms with van der Waals surface area (Å²) in [6.45, 7) is 22.0. The van der Waals surface area contributed by atoms with Crippen molar-refractivity contribution < 1.29 is 0 Å². The van der Waals surface area contributed by atoms with E-state index in [1.54, 1.807) is 11.3 Å². The van der Waals surface area contributed by atoms with Gasteiger partial charge in [0.2, 0.25) is 10.3 Å². The van der Waals surface area contributed by atoms with Gasteiger partial charge in [0.15, 0.2) is 10.0 Å². The molecule has 296 valence electrons. The molecule has 0 aliphatic heterocycles. The quantitative estimate of drug-likeness (QED) is 0.118. The van der Waals surface area contributed by atoms with Gasteiger partial charge in [0.05, 0.1) is 16.1 Å². The molecule has 2 N–H and O–H groups in total. The Hall–Kier alpha value is -3.73. The molecule has 8 rings (SSSR count). The molecule has 2 aromatic carbocycles. The third-order valence-corrected chi connectivity index (χ3v) is 12.8. The summed E-state index contributed by atoms with van der Waals surface area (Å²) in [5, 5.41) is 30.5. The van der Waals surface area contributed by atoms with Gasteiger partial charge >= 0.3 is 0 Å². The van der Waals surface area contributed by atoms with Crippen molar-refractivity contribution in [3.63, 3.8) is 0 Å². The number of fused-ring (bicyclic) bond motifs is 2. The molecule has 56 heavy (non-hydrogen) atoms. The first kappa shape index (κ1) is 40.5. The van der Waals surface area contributed by atoms with Crippen molar-refractivity contribution in [2.75, 3.05) is 23.7 Å². The summed E-state index contributed by atoms with van der Waals surface area (Å²) >= 11 is 9.86. The number of unbranched alkanes of at least 4 members (excludes halogenated alkanes) is 2. The van der Waals surface area contributed by atoms with Crippen LogP contribution in [-0.4, -0.2) is 43.5 Å². The lowest BCUT2D eigenvalue weighted by atomic mass is 9.83. The number of hydrogen-bond donors (Lipinski definition) is 2. The van der Waals surface area contributed by atoms with E-state index in [4.69, 9.17) is 21.6 Å². The maximum Gasteiger partial charge on any atom is 0.206 e. The van der Waals surface area contributed by atoms with Crippen LogP contribution in [0.2, 0.25) is 5.02 Å². The van der Waals surface area contributed by atoms with E-state index in [9.17, 15) is 0 Å². The smallest absolute Gasteiger partial charge is 0.206 e. The minimum atomic E-state index is -0.00784. The number of pyridine rings is 2. The highest BCUT2D eigenvalue weighted by molar-refractivity contribution is 7.18. The van der Waals surface area contributed by atoms with E-state index in [1.807, 2.05) is 6.07 Å². The topological polar surface area (TPSA) is 101 Å². The molecule has 0 amide bonds. The van der Waals surface area contributed by atoms with Crippen molar-refractivity contribution >= 4 is 66.3 Å². The Kier molecular flexibility index (Phi) is 12.0. The van der Waals surface area contributed by atoms with Gasteiger partial charge in [-0.3, -0.25) is 0 Å². The summed E-state index contributed by atoms with van der Waals surface area (Å²) < 4.78 is 0. The molecular formula is C45H57ClN8S2. The van der Waals surface area contributed by atoms with E-state index in [1.165, 1.54) is 76.6 Å². The van der Waals surface area contributed by atoms with E-state index >= 15 is 0 Å². The number of nitrogens with zero attached hydrogens (tertiary/aromatic N) is 6. The molecule has 2 aliphatic carbocycles. The molecule has 4 aromatic heterocycles. The Balaban J connectivity index is 0.000000172. The Morgan fingerprint density at radius 2 is 1.07 bits per heavy atom. The van der Waals surface area contributed by atoms with Crippen molar-refractivity contribution in [2.24, 2.45) is 0 Å². The zero-order chi connectivity index (χ0) is 39.8. The molecule has 0 bridgehead atoms. The van der Waals surface area contributed by atoms with Crippen molar-refractivity contribution in [2.45, 2.75) is 136 Å². The number of nitrogens with one attached hydrogen (secondary N) is 2. The molecule has 4 heterocycles. The van der Waals surface area contributed by atoms with E-state index in [-0.39, 0.29) is 10.8 Å². The molecule has 2 aliphatic rings. The highest BCUT2D eigenvalue weighted by Crippen LogP contribution is 2.46. The fraction of sp³-hybridized carbons (Fsp3) is 0.511. The fourth-order valence-corrected chi connectivity index (χ4v) is 8.74. The third kappa shape index (κ3) is 9.35. The fourth-order valence-electron chi connectivity index (χ4n) is 7.03. The van der Waals surface area contributed by atoms with Gasteiger partial charge in [0.25, 0.3) is 0 Å². The minimum absolute atomic E-state index is 0.00784. The Morgan fingerprint density at radius 1 is 0.625 bits per heavy atom. The highest BCUT2D eigenvalue weighted by Gasteiger charge is 2.29. The van der Waals surface area contributed by atoms with Crippen LogP contribution >= 0.6 is 34.3 Å². The number of hydrogen-bond acceptors (Lipinski definition) is 10. The molecule has 2 saturated carbocycles. The molecule has 2 fully saturated rings. The van der Waals surface area contributed by atoms with Crippen molar-refractivity contribution in [3.05, 3.63) is 69.2 Å². The van der Waals surface area contributed by atoms with Gasteiger partial charge in [-0.2, -0.15) is 0 Å². The van der Waals surface area contributed by atoms with E-state index in [0.717, 1.165) is 91.4 Å². The van der Waals surface area contributed by atoms with Crippen LogP contribution < -0.4 is 10.6 Å². The van der Waals surface area contributed by atoms with Crippen LogP contribution in [0.25, 0.3) is 43.2 Å². The van der Waals surface area contributed by atoms with Crippen molar-refractivity contribution in [3.8, 4) is 21.4 Å². The van der Waals surface area contributed by atoms with Crippen LogP contribution in [0.15, 0.2) is 36.4 Å². The first-order valence-corrected chi connectivity index (χ1v) is 22.5. The molecule has 6 aromatic rings. The SMILES string of the molecule is CCCCNc1nnc(-c2cc(C)c3cc(C4CC4)cc(C(C)(C)C)c3n2)s1.CCCCNc1nnc(-c2cc(Cl)c3cc(C4CC4)cc(C(C)(C)C)c3n2)s1. The maximum absolute atomic E-state index is 6.74. The lowest BCUT2D eigenvalue weighted by Gasteiger charge is -2.23. The first-order valence-electron chi connectivity index (χ1n) is 20.5. The number of halogens is 1. The van der Waals surface area contributed by atoms with Gasteiger partial charge < -0.3 is 10.6 Å². The summed E-state index contributed by atoms with van der Waals surface area (Å²) in [7, 11) is 0. The Bertz CT molecular complexity index is 2160. The summed E-state index contributed by atoms with van der Waals surface area (Å²) in [6.07, 6.45) is 9.76. The van der Waals surface area contributed by atoms with Crippen LogP contribution in [0.5, 0.6) is 0 Å². The van der Waals surface area contributed by atoms with E-state index in [2.05, 4.69) is 124 Å². The zero-order valence-corrected chi connectivity index (χ0v) is 37.0. The first-order chi connectivity index (χ1) is 26.7. The van der Waals surface area contributed by atoms with Crippen LogP contribution in [0, 0.1) is 6.92 Å². The number of rotatable bonds is 12. The predicted molar refractivity (Wildman–Crippen MR) is 239 cm³/mol.